The van der Waals surface area contributed by atoms with Crippen molar-refractivity contribution in [2.24, 2.45) is 0 Å². The van der Waals surface area contributed by atoms with E-state index in [0.717, 1.165) is 12.8 Å². The molecule has 0 spiro atoms. The molecular weight excluding hydrogens is 180 g/mol. The van der Waals surface area contributed by atoms with Gasteiger partial charge in [0.2, 0.25) is 0 Å². The van der Waals surface area contributed by atoms with Gasteiger partial charge in [-0.15, -0.1) is 0 Å². The minimum Gasteiger partial charge on any atom is -0.0988 e. The van der Waals surface area contributed by atoms with Crippen LogP contribution in [-0.2, 0) is 0 Å². The quantitative estimate of drug-likeness (QED) is 0.575. The van der Waals surface area contributed by atoms with Crippen molar-refractivity contribution in [1.29, 1.82) is 0 Å². The molecule has 0 amide bonds. The second-order valence-corrected chi connectivity index (χ2v) is 4.16. The predicted molar refractivity (Wildman–Crippen MR) is 68.8 cm³/mol. The zero-order valence-electron chi connectivity index (χ0n) is 9.84. The fraction of sp³-hybridized carbons (Fsp3) is 0.333. The first-order valence-corrected chi connectivity index (χ1v) is 5.47. The minimum atomic E-state index is 0.941. The van der Waals surface area contributed by atoms with Crippen molar-refractivity contribution in [3.63, 3.8) is 0 Å². The van der Waals surface area contributed by atoms with Crippen LogP contribution < -0.4 is 0 Å². The van der Waals surface area contributed by atoms with E-state index in [1.807, 2.05) is 6.08 Å². The Morgan fingerprint density at radius 2 is 2.13 bits per heavy atom. The largest absolute Gasteiger partial charge is 0.0988 e. The minimum absolute atomic E-state index is 0.941. The molecule has 0 aliphatic heterocycles. The molecule has 0 saturated heterocycles. The summed E-state index contributed by atoms with van der Waals surface area (Å²) >= 11 is 0. The Hall–Kier alpha value is -1.30. The van der Waals surface area contributed by atoms with Gasteiger partial charge in [0.1, 0.15) is 0 Å². The van der Waals surface area contributed by atoms with Crippen molar-refractivity contribution in [3.05, 3.63) is 59.8 Å². The van der Waals surface area contributed by atoms with Gasteiger partial charge in [-0.3, -0.25) is 0 Å². The van der Waals surface area contributed by atoms with Crippen molar-refractivity contribution in [2.75, 3.05) is 0 Å². The third kappa shape index (κ3) is 3.75. The van der Waals surface area contributed by atoms with Crippen molar-refractivity contribution in [1.82, 2.24) is 0 Å². The highest BCUT2D eigenvalue weighted by Crippen LogP contribution is 2.25. The highest BCUT2D eigenvalue weighted by atomic mass is 14.1. The Balaban J connectivity index is 2.59. The lowest BCUT2D eigenvalue weighted by atomic mass is 9.93. The van der Waals surface area contributed by atoms with Crippen LogP contribution in [0.4, 0.5) is 0 Å². The van der Waals surface area contributed by atoms with Crippen LogP contribution >= 0.6 is 0 Å². The van der Waals surface area contributed by atoms with Crippen LogP contribution in [0.2, 0.25) is 0 Å². The molecule has 1 aliphatic rings. The van der Waals surface area contributed by atoms with Crippen LogP contribution in [0.3, 0.4) is 0 Å². The molecule has 15 heavy (non-hydrogen) atoms. The smallest absolute Gasteiger partial charge is 0.00949 e. The topological polar surface area (TPSA) is 0 Å². The Morgan fingerprint density at radius 3 is 2.67 bits per heavy atom. The Labute approximate surface area is 93.4 Å². The number of rotatable bonds is 4. The van der Waals surface area contributed by atoms with Gasteiger partial charge in [0.15, 0.2) is 0 Å². The van der Waals surface area contributed by atoms with Crippen molar-refractivity contribution in [2.45, 2.75) is 33.1 Å². The molecule has 0 nitrogen and oxygen atoms in total. The van der Waals surface area contributed by atoms with Crippen LogP contribution in [0, 0.1) is 0 Å². The van der Waals surface area contributed by atoms with Crippen molar-refractivity contribution < 1.29 is 0 Å². The van der Waals surface area contributed by atoms with E-state index >= 15 is 0 Å². The summed E-state index contributed by atoms with van der Waals surface area (Å²) in [6.07, 6.45) is 11.7. The maximum atomic E-state index is 4.13. The van der Waals surface area contributed by atoms with E-state index < -0.39 is 0 Å². The van der Waals surface area contributed by atoms with Crippen LogP contribution in [0.1, 0.15) is 33.1 Å². The summed E-state index contributed by atoms with van der Waals surface area (Å²) in [7, 11) is 0. The van der Waals surface area contributed by atoms with Gasteiger partial charge in [-0.25, -0.2) is 0 Å². The zero-order valence-corrected chi connectivity index (χ0v) is 9.84. The molecule has 1 aliphatic carbocycles. The van der Waals surface area contributed by atoms with Crippen LogP contribution in [0.5, 0.6) is 0 Å². The second kappa shape index (κ2) is 5.55. The fourth-order valence-corrected chi connectivity index (χ4v) is 1.53. The Morgan fingerprint density at radius 1 is 1.40 bits per heavy atom. The summed E-state index contributed by atoms with van der Waals surface area (Å²) in [4.78, 5) is 0. The normalized spacial score (nSPS) is 16.8. The third-order valence-corrected chi connectivity index (χ3v) is 2.80. The molecule has 0 saturated carbocycles. The maximum absolute atomic E-state index is 4.13. The standard InChI is InChI=1S/C15H20/c1-5-12(2)6-9-14(4)15-10-7-13(3)8-11-15/h5-7,10H,1,4,8-9,11H2,2-3H3. The summed E-state index contributed by atoms with van der Waals surface area (Å²) in [6.45, 7) is 12.1. The van der Waals surface area contributed by atoms with E-state index in [2.05, 4.69) is 45.2 Å². The number of hydrogen-bond donors (Lipinski definition) is 0. The van der Waals surface area contributed by atoms with Crippen LogP contribution in [0.15, 0.2) is 59.8 Å². The summed E-state index contributed by atoms with van der Waals surface area (Å²) < 4.78 is 0. The van der Waals surface area contributed by atoms with Gasteiger partial charge in [-0.2, -0.15) is 0 Å². The molecular formula is C15H20. The molecule has 0 heterocycles. The molecule has 0 fully saturated rings. The van der Waals surface area contributed by atoms with Gasteiger partial charge in [0, 0.05) is 0 Å². The molecule has 80 valence electrons. The molecule has 0 bridgehead atoms. The van der Waals surface area contributed by atoms with Crippen molar-refractivity contribution in [3.8, 4) is 0 Å². The number of hydrogen-bond acceptors (Lipinski definition) is 0. The van der Waals surface area contributed by atoms with Gasteiger partial charge < -0.3 is 0 Å². The highest BCUT2D eigenvalue weighted by molar-refractivity contribution is 5.37. The summed E-state index contributed by atoms with van der Waals surface area (Å²) in [5.74, 6) is 0. The molecule has 0 aromatic heterocycles. The monoisotopic (exact) mass is 200 g/mol. The molecule has 0 aromatic carbocycles. The van der Waals surface area contributed by atoms with Crippen LogP contribution in [-0.4, -0.2) is 0 Å². The van der Waals surface area contributed by atoms with E-state index in [1.54, 1.807) is 0 Å². The lowest BCUT2D eigenvalue weighted by molar-refractivity contribution is 0.904. The van der Waals surface area contributed by atoms with E-state index in [-0.39, 0.29) is 0 Å². The van der Waals surface area contributed by atoms with Gasteiger partial charge in [-0.1, -0.05) is 48.6 Å². The lowest BCUT2D eigenvalue weighted by Gasteiger charge is -2.13. The summed E-state index contributed by atoms with van der Waals surface area (Å²) in [5.41, 5.74) is 5.32. The first-order valence-electron chi connectivity index (χ1n) is 5.47. The molecule has 0 aromatic rings. The average molecular weight is 200 g/mol. The highest BCUT2D eigenvalue weighted by Gasteiger charge is 2.05. The van der Waals surface area contributed by atoms with Crippen LogP contribution in [0.25, 0.3) is 0 Å². The second-order valence-electron chi connectivity index (χ2n) is 4.16. The molecule has 1 rings (SSSR count). The molecule has 0 heteroatoms. The predicted octanol–water partition coefficient (Wildman–Crippen LogP) is 4.73. The molecule has 0 radical (unpaired) electrons. The van der Waals surface area contributed by atoms with Gasteiger partial charge in [-0.05, 0) is 44.3 Å². The van der Waals surface area contributed by atoms with E-state index in [1.165, 1.54) is 28.7 Å². The van der Waals surface area contributed by atoms with Crippen molar-refractivity contribution >= 4 is 0 Å². The zero-order chi connectivity index (χ0) is 11.3. The summed E-state index contributed by atoms with van der Waals surface area (Å²) in [6, 6.07) is 0. The van der Waals surface area contributed by atoms with E-state index in [9.17, 15) is 0 Å². The van der Waals surface area contributed by atoms with Gasteiger partial charge in [0.05, 0.1) is 0 Å². The summed E-state index contributed by atoms with van der Waals surface area (Å²) in [5, 5.41) is 0. The lowest BCUT2D eigenvalue weighted by Crippen LogP contribution is -1.93. The Bertz CT molecular complexity index is 348. The molecule has 0 N–H and O–H groups in total. The maximum Gasteiger partial charge on any atom is -0.00949 e. The first kappa shape index (κ1) is 11.8. The average Bonchev–Trinajstić information content (AvgIpc) is 2.26. The Kier molecular flexibility index (Phi) is 4.36. The van der Waals surface area contributed by atoms with Gasteiger partial charge >= 0.3 is 0 Å². The van der Waals surface area contributed by atoms with Gasteiger partial charge in [0.25, 0.3) is 0 Å². The molecule has 0 unspecified atom stereocenters. The van der Waals surface area contributed by atoms with E-state index in [4.69, 9.17) is 0 Å². The fourth-order valence-electron chi connectivity index (χ4n) is 1.53. The number of allylic oxidation sites excluding steroid dienone is 8. The molecule has 0 atom stereocenters. The first-order chi connectivity index (χ1) is 7.13. The third-order valence-electron chi connectivity index (χ3n) is 2.80. The SMILES string of the molecule is C=CC(C)=CCC(=C)C1=CC=C(C)CC1. The van der Waals surface area contributed by atoms with E-state index in [0.29, 0.717) is 0 Å².